The van der Waals surface area contributed by atoms with E-state index in [-0.39, 0.29) is 38.7 Å². The van der Waals surface area contributed by atoms with Gasteiger partial charge in [-0.2, -0.15) is 13.2 Å². The van der Waals surface area contributed by atoms with Crippen LogP contribution in [-0.4, -0.2) is 25.0 Å². The Kier molecular flexibility index (Phi) is 9.79. The summed E-state index contributed by atoms with van der Waals surface area (Å²) in [7, 11) is 1.57. The lowest BCUT2D eigenvalue weighted by Gasteiger charge is -2.18. The molecule has 11 heteroatoms. The maximum absolute atomic E-state index is 13.9. The zero-order chi connectivity index (χ0) is 29.9. The van der Waals surface area contributed by atoms with Crippen molar-refractivity contribution in [1.29, 1.82) is 0 Å². The van der Waals surface area contributed by atoms with Crippen LogP contribution in [0.3, 0.4) is 0 Å². The molecule has 0 spiro atoms. The fraction of sp³-hybridized carbons (Fsp3) is 0.267. The van der Waals surface area contributed by atoms with Gasteiger partial charge in [-0.1, -0.05) is 81.1 Å². The van der Waals surface area contributed by atoms with Crippen LogP contribution in [0, 0.1) is 5.41 Å². The van der Waals surface area contributed by atoms with Crippen LogP contribution in [-0.2, 0) is 11.3 Å². The molecule has 1 N–H and O–H groups in total. The van der Waals surface area contributed by atoms with Gasteiger partial charge in [0.1, 0.15) is 5.75 Å². The molecule has 4 nitrogen and oxygen atoms in total. The average molecular weight is 690 g/mol. The third-order valence-electron chi connectivity index (χ3n) is 6.91. The molecule has 1 unspecified atom stereocenters. The molecule has 1 fully saturated rings. The number of ether oxygens (including phenoxy) is 1. The van der Waals surface area contributed by atoms with Gasteiger partial charge in [0.25, 0.3) is 0 Å². The highest BCUT2D eigenvalue weighted by Gasteiger charge is 2.51. The minimum Gasteiger partial charge on any atom is -0.497 e. The number of alkyl halides is 3. The van der Waals surface area contributed by atoms with Crippen LogP contribution in [0.2, 0.25) is 15.1 Å². The van der Waals surface area contributed by atoms with Crippen LogP contribution in [0.25, 0.3) is 6.08 Å². The molecule has 1 aliphatic carbocycles. The number of allylic oxidation sites excluding steroid dienone is 1. The van der Waals surface area contributed by atoms with E-state index in [1.165, 1.54) is 12.1 Å². The van der Waals surface area contributed by atoms with Crippen molar-refractivity contribution in [3.05, 3.63) is 102 Å². The summed E-state index contributed by atoms with van der Waals surface area (Å²) in [5.41, 5.74) is 0.734. The monoisotopic (exact) mass is 687 g/mol. The van der Waals surface area contributed by atoms with Crippen molar-refractivity contribution in [2.45, 2.75) is 37.9 Å². The molecule has 0 aromatic heterocycles. The summed E-state index contributed by atoms with van der Waals surface area (Å²) in [6.07, 6.45) is -1.10. The molecular formula is C30H24BrCl3F3NO3. The number of benzene rings is 3. The second-order valence-electron chi connectivity index (χ2n) is 9.83. The molecule has 3 aromatic carbocycles. The first-order chi connectivity index (χ1) is 19.3. The molecule has 3 aromatic rings. The van der Waals surface area contributed by atoms with Crippen molar-refractivity contribution in [3.8, 4) is 5.75 Å². The summed E-state index contributed by atoms with van der Waals surface area (Å²) in [5.74, 6) is -1.73. The minimum atomic E-state index is -4.62. The summed E-state index contributed by atoms with van der Waals surface area (Å²) in [6.45, 7) is 0.310. The number of amides is 1. The molecule has 1 atom stereocenters. The van der Waals surface area contributed by atoms with Gasteiger partial charge in [0.2, 0.25) is 5.91 Å². The van der Waals surface area contributed by atoms with Gasteiger partial charge in [-0.05, 0) is 65.9 Å². The SMILES string of the molecule is COc1cccc(CNC(=O)C2(CC(=O)c3ccc(/C=C/C(c4cc(Cl)c(Cl)c(Cl)c4)C(F)(F)F)cc3Br)CC2)c1. The summed E-state index contributed by atoms with van der Waals surface area (Å²) in [6, 6.07) is 14.3. The Morgan fingerprint density at radius 2 is 1.76 bits per heavy atom. The van der Waals surface area contributed by atoms with E-state index >= 15 is 0 Å². The van der Waals surface area contributed by atoms with Crippen molar-refractivity contribution in [2.24, 2.45) is 5.41 Å². The lowest BCUT2D eigenvalue weighted by molar-refractivity contribution is -0.139. The highest BCUT2D eigenvalue weighted by Crippen LogP contribution is 2.50. The Balaban J connectivity index is 1.44. The van der Waals surface area contributed by atoms with Crippen molar-refractivity contribution in [2.75, 3.05) is 7.11 Å². The van der Waals surface area contributed by atoms with Crippen LogP contribution < -0.4 is 10.1 Å². The van der Waals surface area contributed by atoms with Gasteiger partial charge in [-0.3, -0.25) is 9.59 Å². The summed E-state index contributed by atoms with van der Waals surface area (Å²) in [4.78, 5) is 26.1. The van der Waals surface area contributed by atoms with Gasteiger partial charge in [0.05, 0.1) is 33.5 Å². The fourth-order valence-corrected chi connectivity index (χ4v) is 5.65. The van der Waals surface area contributed by atoms with Crippen LogP contribution in [0.4, 0.5) is 13.2 Å². The third-order valence-corrected chi connectivity index (χ3v) is 8.77. The van der Waals surface area contributed by atoms with Gasteiger partial charge in [-0.15, -0.1) is 0 Å². The largest absolute Gasteiger partial charge is 0.497 e. The predicted molar refractivity (Wildman–Crippen MR) is 159 cm³/mol. The molecule has 0 heterocycles. The zero-order valence-electron chi connectivity index (χ0n) is 21.6. The van der Waals surface area contributed by atoms with Crippen molar-refractivity contribution < 1.29 is 27.5 Å². The number of methoxy groups -OCH3 is 1. The van der Waals surface area contributed by atoms with E-state index in [0.29, 0.717) is 40.7 Å². The van der Waals surface area contributed by atoms with Gasteiger partial charge >= 0.3 is 6.18 Å². The number of carbonyl (C=O) groups is 2. The smallest absolute Gasteiger partial charge is 0.399 e. The molecule has 0 aliphatic heterocycles. The predicted octanol–water partition coefficient (Wildman–Crippen LogP) is 9.45. The number of rotatable bonds is 10. The second kappa shape index (κ2) is 12.8. The van der Waals surface area contributed by atoms with Crippen LogP contribution in [0.15, 0.2) is 65.1 Å². The number of hydrogen-bond donors (Lipinski definition) is 1. The van der Waals surface area contributed by atoms with Gasteiger partial charge < -0.3 is 10.1 Å². The topological polar surface area (TPSA) is 55.4 Å². The molecule has 1 aliphatic rings. The van der Waals surface area contributed by atoms with E-state index in [4.69, 9.17) is 39.5 Å². The molecule has 216 valence electrons. The average Bonchev–Trinajstić information content (AvgIpc) is 3.70. The summed E-state index contributed by atoms with van der Waals surface area (Å²) < 4.78 is 47.2. The van der Waals surface area contributed by atoms with E-state index in [2.05, 4.69) is 21.2 Å². The first kappa shape index (κ1) is 31.4. The van der Waals surface area contributed by atoms with Crippen LogP contribution in [0.5, 0.6) is 5.75 Å². The van der Waals surface area contributed by atoms with E-state index in [0.717, 1.165) is 23.8 Å². The molecule has 0 bridgehead atoms. The van der Waals surface area contributed by atoms with E-state index in [1.807, 2.05) is 24.3 Å². The molecule has 1 amide bonds. The van der Waals surface area contributed by atoms with Crippen molar-refractivity contribution in [3.63, 3.8) is 0 Å². The van der Waals surface area contributed by atoms with Crippen molar-refractivity contribution >= 4 is 68.5 Å². The van der Waals surface area contributed by atoms with Gasteiger partial charge in [-0.25, -0.2) is 0 Å². The molecule has 0 radical (unpaired) electrons. The third kappa shape index (κ3) is 7.66. The fourth-order valence-electron chi connectivity index (χ4n) is 4.42. The van der Waals surface area contributed by atoms with Crippen LogP contribution >= 0.6 is 50.7 Å². The second-order valence-corrected chi connectivity index (χ2v) is 11.9. The van der Waals surface area contributed by atoms with E-state index in [9.17, 15) is 22.8 Å². The normalized spacial score (nSPS) is 15.0. The standard InChI is InChI=1S/C30H24BrCl3F3NO3/c1-41-20-4-2-3-18(11-20)16-38-28(40)29(9-10-29)15-26(39)21-7-5-17(12-23(21)31)6-8-22(30(35,36)37)19-13-24(32)27(34)25(33)14-19/h2-8,11-14,22H,9-10,15-16H2,1H3,(H,38,40)/b8-6+. The van der Waals surface area contributed by atoms with Crippen LogP contribution in [0.1, 0.15) is 52.2 Å². The maximum atomic E-state index is 13.9. The number of halogens is 7. The number of carbonyl (C=O) groups excluding carboxylic acids is 2. The van der Waals surface area contributed by atoms with Gasteiger partial charge in [0, 0.05) is 23.0 Å². The number of Topliss-reactive ketones (excluding diaryl/α,β-unsaturated/α-hetero) is 1. The Labute approximate surface area is 258 Å². The lowest BCUT2D eigenvalue weighted by atomic mass is 9.93. The van der Waals surface area contributed by atoms with E-state index < -0.39 is 17.5 Å². The van der Waals surface area contributed by atoms with E-state index in [1.54, 1.807) is 19.2 Å². The zero-order valence-corrected chi connectivity index (χ0v) is 25.5. The Morgan fingerprint density at radius 3 is 2.34 bits per heavy atom. The number of ketones is 1. The molecular weight excluding hydrogens is 666 g/mol. The lowest BCUT2D eigenvalue weighted by Crippen LogP contribution is -2.33. The minimum absolute atomic E-state index is 0.0199. The molecule has 1 saturated carbocycles. The highest BCUT2D eigenvalue weighted by molar-refractivity contribution is 9.10. The Morgan fingerprint density at radius 1 is 1.07 bits per heavy atom. The number of nitrogens with one attached hydrogen (secondary N) is 1. The summed E-state index contributed by atoms with van der Waals surface area (Å²) >= 11 is 21.2. The molecule has 41 heavy (non-hydrogen) atoms. The highest BCUT2D eigenvalue weighted by atomic mass is 79.9. The summed E-state index contributed by atoms with van der Waals surface area (Å²) in [5, 5.41) is 2.74. The number of hydrogen-bond acceptors (Lipinski definition) is 3. The van der Waals surface area contributed by atoms with Crippen molar-refractivity contribution in [1.82, 2.24) is 5.32 Å². The maximum Gasteiger partial charge on any atom is 0.399 e. The first-order valence-electron chi connectivity index (χ1n) is 12.5. The Hall–Kier alpha value is -2.52. The Bertz CT molecular complexity index is 1480. The first-order valence-corrected chi connectivity index (χ1v) is 14.4. The quantitative estimate of drug-likeness (QED) is 0.171. The molecule has 4 rings (SSSR count). The molecule has 0 saturated heterocycles. The van der Waals surface area contributed by atoms with Gasteiger partial charge in [0.15, 0.2) is 5.78 Å².